The molecule has 4 fully saturated rings. The summed E-state index contributed by atoms with van der Waals surface area (Å²) in [6.45, 7) is 10.6. The van der Waals surface area contributed by atoms with E-state index in [4.69, 9.17) is 9.47 Å². The molecule has 0 unspecified atom stereocenters. The molecule has 0 spiro atoms. The molecule has 6 amide bonds. The van der Waals surface area contributed by atoms with Crippen molar-refractivity contribution in [2.75, 3.05) is 72.2 Å². The molecule has 2 saturated carbocycles. The van der Waals surface area contributed by atoms with Crippen molar-refractivity contribution in [3.05, 3.63) is 131 Å². The topological polar surface area (TPSA) is 192 Å². The molecule has 2 aliphatic carbocycles. The Morgan fingerprint density at radius 2 is 1.07 bits per heavy atom. The average Bonchev–Trinajstić information content (AvgIpc) is 2.92. The minimum absolute atomic E-state index is 0.0119. The highest BCUT2D eigenvalue weighted by Gasteiger charge is 2.41. The van der Waals surface area contributed by atoms with Crippen LogP contribution in [0.5, 0.6) is 0 Å². The predicted octanol–water partition coefficient (Wildman–Crippen LogP) is 9.57. The molecule has 4 aromatic carbocycles. The van der Waals surface area contributed by atoms with E-state index in [0.717, 1.165) is 86.5 Å². The lowest BCUT2D eigenvalue weighted by atomic mass is 9.76. The van der Waals surface area contributed by atoms with E-state index >= 15 is 0 Å². The third-order valence-electron chi connectivity index (χ3n) is 18.6. The van der Waals surface area contributed by atoms with Gasteiger partial charge < -0.3 is 39.7 Å². The number of hydrogen-bond donors (Lipinski definition) is 2. The van der Waals surface area contributed by atoms with E-state index in [0.29, 0.717) is 69.8 Å². The predicted molar refractivity (Wildman–Crippen MR) is 336 cm³/mol. The number of rotatable bonds is 28. The van der Waals surface area contributed by atoms with Crippen LogP contribution < -0.4 is 10.6 Å². The van der Waals surface area contributed by atoms with Gasteiger partial charge in [0.2, 0.25) is 29.5 Å². The van der Waals surface area contributed by atoms with Gasteiger partial charge in [-0.2, -0.15) is 0 Å². The van der Waals surface area contributed by atoms with Gasteiger partial charge in [-0.25, -0.2) is 0 Å². The molecule has 87 heavy (non-hydrogen) atoms. The van der Waals surface area contributed by atoms with Gasteiger partial charge in [0.05, 0.1) is 45.1 Å². The van der Waals surface area contributed by atoms with Crippen molar-refractivity contribution < 1.29 is 47.8 Å². The Kier molecular flexibility index (Phi) is 25.3. The number of benzene rings is 4. The first kappa shape index (κ1) is 65.9. The highest BCUT2D eigenvalue weighted by atomic mass is 16.5. The maximum Gasteiger partial charge on any atom is 0.251 e. The molecule has 5 atom stereocenters. The number of nitrogens with zero attached hydrogens (tertiary/aromatic N) is 4. The van der Waals surface area contributed by atoms with Gasteiger partial charge >= 0.3 is 0 Å². The van der Waals surface area contributed by atoms with Crippen LogP contribution in [0.2, 0.25) is 0 Å². The van der Waals surface area contributed by atoms with Crippen LogP contribution in [0.15, 0.2) is 109 Å². The molecule has 468 valence electrons. The molecule has 2 saturated heterocycles. The minimum atomic E-state index is -0.643. The van der Waals surface area contributed by atoms with Gasteiger partial charge in [0.25, 0.3) is 5.91 Å². The van der Waals surface area contributed by atoms with Crippen LogP contribution in [0.25, 0.3) is 11.1 Å². The third kappa shape index (κ3) is 19.0. The number of morpholine rings is 2. The SMILES string of the molecule is CC[C@@H](C)C(=O)N[C@H](C(=O)N1CCOC[C@H]1CN(CCc1ccccc1)C(=O)CCC(=O)c1ccc(-c2ccc(C(=O)NCC(=O)N(CCc3ccccc3)C[C@@H]3COCCN3C(=O)[C@@H](CC(=O)C(C)C)C3CCCCC3)cc2)cc1)C1CCCCC1. The summed E-state index contributed by atoms with van der Waals surface area (Å²) in [5.74, 6) is -1.86. The van der Waals surface area contributed by atoms with E-state index < -0.39 is 30.0 Å². The molecule has 16 nitrogen and oxygen atoms in total. The first-order valence-electron chi connectivity index (χ1n) is 32.4. The summed E-state index contributed by atoms with van der Waals surface area (Å²) in [6.07, 6.45) is 12.0. The van der Waals surface area contributed by atoms with E-state index in [9.17, 15) is 38.4 Å². The number of Topliss-reactive ketones (excluding diaryl/α,β-unsaturated/α-hetero) is 2. The number of amides is 6. The Morgan fingerprint density at radius 3 is 1.59 bits per heavy atom. The molecule has 0 bridgehead atoms. The molecular weight excluding hydrogens is 1100 g/mol. The van der Waals surface area contributed by atoms with Crippen molar-refractivity contribution in [3.63, 3.8) is 0 Å². The standard InChI is InChI=1S/C71H94N6O10/c1-5-51(4)68(82)73-67(58-24-16-9-17-25-58)71(85)77-41-43-87-49-61(77)46-74(38-36-52-18-10-6-11-19-52)65(80)35-34-63(78)57-30-26-54(27-31-57)55-28-32-59(33-29-55)69(83)72-45-66(81)75(39-37-53-20-12-7-13-21-53)47-60-48-86-42-40-76(60)70(84)62(44-64(79)50(2)3)56-22-14-8-15-23-56/h6-7,10-13,18-21,26-33,50-51,56,58,60-62,67H,5,8-9,14-17,22-25,34-49H2,1-4H3,(H,72,83)(H,73,82)/t51-,60-,61-,62+,67+/m1/s1. The molecule has 0 aromatic heterocycles. The second-order valence-electron chi connectivity index (χ2n) is 25.0. The lowest BCUT2D eigenvalue weighted by Crippen LogP contribution is -2.61. The van der Waals surface area contributed by atoms with Crippen molar-refractivity contribution in [1.82, 2.24) is 30.2 Å². The maximum absolute atomic E-state index is 14.6. The second-order valence-corrected chi connectivity index (χ2v) is 25.0. The van der Waals surface area contributed by atoms with E-state index in [1.807, 2.05) is 122 Å². The van der Waals surface area contributed by atoms with Crippen molar-refractivity contribution in [2.45, 2.75) is 149 Å². The van der Waals surface area contributed by atoms with Gasteiger partial charge in [-0.05, 0) is 91.2 Å². The number of carbonyl (C=O) groups excluding carboxylic acids is 8. The first-order valence-corrected chi connectivity index (χ1v) is 32.4. The monoisotopic (exact) mass is 1190 g/mol. The summed E-state index contributed by atoms with van der Waals surface area (Å²) >= 11 is 0. The molecule has 4 aliphatic rings. The van der Waals surface area contributed by atoms with Gasteiger partial charge in [0.1, 0.15) is 11.8 Å². The quantitative estimate of drug-likeness (QED) is 0.0518. The summed E-state index contributed by atoms with van der Waals surface area (Å²) in [5.41, 5.74) is 4.58. The Hall–Kier alpha value is -7.04. The van der Waals surface area contributed by atoms with Gasteiger partial charge in [-0.1, -0.05) is 163 Å². The molecule has 4 aromatic rings. The number of ketones is 2. The fourth-order valence-corrected chi connectivity index (χ4v) is 12.9. The number of carbonyl (C=O) groups is 8. The van der Waals surface area contributed by atoms with Gasteiger partial charge in [0, 0.05) is 87.4 Å². The fourth-order valence-electron chi connectivity index (χ4n) is 12.9. The summed E-state index contributed by atoms with van der Waals surface area (Å²) in [7, 11) is 0. The van der Waals surface area contributed by atoms with Crippen LogP contribution in [-0.4, -0.2) is 157 Å². The largest absolute Gasteiger partial charge is 0.377 e. The Bertz CT molecular complexity index is 2890. The summed E-state index contributed by atoms with van der Waals surface area (Å²) in [6, 6.07) is 32.5. The molecular formula is C71H94N6O10. The highest BCUT2D eigenvalue weighted by Crippen LogP contribution is 2.35. The average molecular weight is 1190 g/mol. The van der Waals surface area contributed by atoms with E-state index in [1.165, 1.54) is 0 Å². The second kappa shape index (κ2) is 33.3. The van der Waals surface area contributed by atoms with Crippen molar-refractivity contribution in [1.29, 1.82) is 0 Å². The molecule has 2 N–H and O–H groups in total. The number of hydrogen-bond acceptors (Lipinski definition) is 10. The summed E-state index contributed by atoms with van der Waals surface area (Å²) < 4.78 is 11.9. The van der Waals surface area contributed by atoms with Crippen LogP contribution in [0.1, 0.15) is 149 Å². The highest BCUT2D eigenvalue weighted by molar-refractivity contribution is 5.99. The molecule has 8 rings (SSSR count). The van der Waals surface area contributed by atoms with Crippen LogP contribution in [0.3, 0.4) is 0 Å². The summed E-state index contributed by atoms with van der Waals surface area (Å²) in [5, 5.41) is 5.99. The van der Waals surface area contributed by atoms with Crippen molar-refractivity contribution in [2.24, 2.45) is 29.6 Å². The minimum Gasteiger partial charge on any atom is -0.377 e. The van der Waals surface area contributed by atoms with E-state index in [1.54, 1.807) is 34.1 Å². The smallest absolute Gasteiger partial charge is 0.251 e. The van der Waals surface area contributed by atoms with Crippen LogP contribution in [0.4, 0.5) is 0 Å². The van der Waals surface area contributed by atoms with Crippen LogP contribution in [0, 0.1) is 29.6 Å². The fraction of sp³-hybridized carbons (Fsp3) is 0.549. The maximum atomic E-state index is 14.6. The van der Waals surface area contributed by atoms with Crippen LogP contribution >= 0.6 is 0 Å². The van der Waals surface area contributed by atoms with Gasteiger partial charge in [0.15, 0.2) is 5.78 Å². The normalized spacial score (nSPS) is 18.7. The molecule has 0 radical (unpaired) electrons. The Labute approximate surface area is 515 Å². The Morgan fingerprint density at radius 1 is 0.575 bits per heavy atom. The molecule has 16 heteroatoms. The zero-order chi connectivity index (χ0) is 61.7. The van der Waals surface area contributed by atoms with E-state index in [2.05, 4.69) is 10.6 Å². The number of nitrogens with one attached hydrogen (secondary N) is 2. The van der Waals surface area contributed by atoms with Gasteiger partial charge in [-0.3, -0.25) is 38.4 Å². The summed E-state index contributed by atoms with van der Waals surface area (Å²) in [4.78, 5) is 119. The molecule has 2 heterocycles. The van der Waals surface area contributed by atoms with Crippen molar-refractivity contribution >= 4 is 47.0 Å². The zero-order valence-electron chi connectivity index (χ0n) is 52.0. The lowest BCUT2D eigenvalue weighted by molar-refractivity contribution is -0.151. The Balaban J connectivity index is 0.874. The number of ether oxygens (including phenoxy) is 2. The zero-order valence-corrected chi connectivity index (χ0v) is 52.0. The van der Waals surface area contributed by atoms with Crippen LogP contribution in [-0.2, 0) is 51.1 Å². The third-order valence-corrected chi connectivity index (χ3v) is 18.6. The molecule has 2 aliphatic heterocycles. The van der Waals surface area contributed by atoms with Gasteiger partial charge in [-0.15, -0.1) is 0 Å². The van der Waals surface area contributed by atoms with Crippen molar-refractivity contribution in [3.8, 4) is 11.1 Å². The van der Waals surface area contributed by atoms with E-state index in [-0.39, 0.29) is 117 Å². The first-order chi connectivity index (χ1) is 42.2. The lowest BCUT2D eigenvalue weighted by Gasteiger charge is -2.42.